The van der Waals surface area contributed by atoms with E-state index in [2.05, 4.69) is 31.4 Å². The lowest BCUT2D eigenvalue weighted by Crippen LogP contribution is -2.08. The van der Waals surface area contributed by atoms with Crippen LogP contribution in [0.4, 0.5) is 0 Å². The van der Waals surface area contributed by atoms with Crippen molar-refractivity contribution in [2.24, 2.45) is 11.8 Å². The van der Waals surface area contributed by atoms with Crippen molar-refractivity contribution in [1.29, 1.82) is 0 Å². The molecular weight excluding hydrogens is 120 g/mol. The van der Waals surface area contributed by atoms with Crippen LogP contribution in [0.15, 0.2) is 12.2 Å². The fraction of sp³-hybridized carbons (Fsp3) is 0.300. The summed E-state index contributed by atoms with van der Waals surface area (Å²) in [7, 11) is 0. The minimum absolute atomic E-state index is 0.773. The molecule has 0 N–H and O–H groups in total. The molecule has 3 aliphatic carbocycles. The van der Waals surface area contributed by atoms with Crippen LogP contribution in [0.2, 0.25) is 0 Å². The van der Waals surface area contributed by atoms with Gasteiger partial charge in [-0.1, -0.05) is 12.2 Å². The molecule has 0 nitrogen and oxygen atoms in total. The number of fused-ring (bicyclic) bond motifs is 5. The van der Waals surface area contributed by atoms with Gasteiger partial charge in [0.2, 0.25) is 0 Å². The molecule has 2 saturated carbocycles. The van der Waals surface area contributed by atoms with Gasteiger partial charge in [-0.3, -0.25) is 0 Å². The van der Waals surface area contributed by atoms with Gasteiger partial charge in [0.05, 0.1) is 0 Å². The van der Waals surface area contributed by atoms with E-state index in [0.29, 0.717) is 0 Å². The molecule has 49 valence electrons. The van der Waals surface area contributed by atoms with Gasteiger partial charge in [-0.05, 0) is 49.4 Å². The Hall–Kier alpha value is -0.260. The maximum absolute atomic E-state index is 2.35. The molecule has 0 amide bonds. The minimum atomic E-state index is 0.773. The highest BCUT2D eigenvalue weighted by molar-refractivity contribution is 5.54. The second-order valence-corrected chi connectivity index (χ2v) is 3.27. The van der Waals surface area contributed by atoms with Crippen molar-refractivity contribution >= 4 is 0 Å². The van der Waals surface area contributed by atoms with Gasteiger partial charge in [0.1, 0.15) is 0 Å². The topological polar surface area (TPSA) is 0 Å². The Kier molecular flexibility index (Phi) is 0.898. The predicted octanol–water partition coefficient (Wildman–Crippen LogP) is 1.97. The summed E-state index contributed by atoms with van der Waals surface area (Å²) >= 11 is 0. The first-order valence-electron chi connectivity index (χ1n) is 3.89. The molecule has 5 radical (unpaired) electrons. The van der Waals surface area contributed by atoms with Crippen LogP contribution in [0, 0.1) is 42.9 Å². The Balaban J connectivity index is 1.99. The van der Waals surface area contributed by atoms with Crippen molar-refractivity contribution < 1.29 is 0 Å². The average Bonchev–Trinajstić information content (AvgIpc) is 2.60. The molecule has 2 bridgehead atoms. The summed E-state index contributed by atoms with van der Waals surface area (Å²) in [5, 5.41) is 0. The van der Waals surface area contributed by atoms with Crippen molar-refractivity contribution in [2.45, 2.75) is 6.42 Å². The van der Waals surface area contributed by atoms with Gasteiger partial charge < -0.3 is 0 Å². The largest absolute Gasteiger partial charge is 0.0845 e. The lowest BCUT2D eigenvalue weighted by atomic mass is 9.86. The van der Waals surface area contributed by atoms with Gasteiger partial charge in [0.15, 0.2) is 0 Å². The predicted molar refractivity (Wildman–Crippen MR) is 40.1 cm³/mol. The molecule has 0 aromatic rings. The summed E-state index contributed by atoms with van der Waals surface area (Å²) in [6.07, 6.45) is 12.8. The summed E-state index contributed by atoms with van der Waals surface area (Å²) < 4.78 is 0. The lowest BCUT2D eigenvalue weighted by molar-refractivity contribution is 0.703. The zero-order valence-electron chi connectivity index (χ0n) is 5.75. The van der Waals surface area contributed by atoms with Gasteiger partial charge in [0, 0.05) is 0 Å². The zero-order valence-corrected chi connectivity index (χ0v) is 5.75. The van der Waals surface area contributed by atoms with Gasteiger partial charge in [0.25, 0.3) is 0 Å². The monoisotopic (exact) mass is 129 g/mol. The quantitative estimate of drug-likeness (QED) is 0.439. The van der Waals surface area contributed by atoms with Crippen molar-refractivity contribution in [1.82, 2.24) is 0 Å². The van der Waals surface area contributed by atoms with Gasteiger partial charge in [-0.2, -0.15) is 0 Å². The highest BCUT2D eigenvalue weighted by atomic mass is 14.5. The second-order valence-electron chi connectivity index (χ2n) is 3.27. The Morgan fingerprint density at radius 2 is 1.60 bits per heavy atom. The zero-order chi connectivity index (χ0) is 6.55. The first-order valence-corrected chi connectivity index (χ1v) is 3.89. The van der Waals surface area contributed by atoms with E-state index >= 15 is 0 Å². The maximum Gasteiger partial charge on any atom is -0.00588 e. The van der Waals surface area contributed by atoms with E-state index in [1.54, 1.807) is 11.8 Å². The molecule has 3 rings (SSSR count). The van der Waals surface area contributed by atoms with Crippen LogP contribution in [-0.2, 0) is 0 Å². The smallest absolute Gasteiger partial charge is 0.00588 e. The Morgan fingerprint density at radius 1 is 1.00 bits per heavy atom. The first kappa shape index (κ1) is 5.40. The lowest BCUT2D eigenvalue weighted by Gasteiger charge is -2.17. The molecule has 0 saturated heterocycles. The van der Waals surface area contributed by atoms with E-state index in [9.17, 15) is 0 Å². The van der Waals surface area contributed by atoms with Crippen LogP contribution in [0.25, 0.3) is 0 Å². The molecular formula is C10H9. The molecule has 0 spiro atoms. The van der Waals surface area contributed by atoms with Crippen molar-refractivity contribution in [2.75, 3.05) is 0 Å². The van der Waals surface area contributed by atoms with Gasteiger partial charge in [-0.25, -0.2) is 0 Å². The molecule has 0 aromatic heterocycles. The summed E-state index contributed by atoms with van der Waals surface area (Å²) in [6.45, 7) is 0. The van der Waals surface area contributed by atoms with Gasteiger partial charge in [-0.15, -0.1) is 0 Å². The summed E-state index contributed by atoms with van der Waals surface area (Å²) in [6, 6.07) is 0. The van der Waals surface area contributed by atoms with Crippen LogP contribution >= 0.6 is 0 Å². The Labute approximate surface area is 62.3 Å². The minimum Gasteiger partial charge on any atom is -0.0845 e. The number of allylic oxidation sites excluding steroid dienone is 2. The Morgan fingerprint density at radius 3 is 2.20 bits per heavy atom. The first-order chi connectivity index (χ1) is 4.95. The third-order valence-corrected chi connectivity index (χ3v) is 2.77. The van der Waals surface area contributed by atoms with E-state index in [4.69, 9.17) is 0 Å². The molecule has 2 unspecified atom stereocenters. The van der Waals surface area contributed by atoms with E-state index < -0.39 is 0 Å². The third-order valence-electron chi connectivity index (χ3n) is 2.77. The SMILES string of the molecule is [CH]1[CH][C]2[C]([CH]1)C1C=CC2C1. The normalized spacial score (nSPS) is 45.2. The van der Waals surface area contributed by atoms with Crippen molar-refractivity contribution in [3.8, 4) is 0 Å². The summed E-state index contributed by atoms with van der Waals surface area (Å²) in [4.78, 5) is 0. The Bertz CT molecular complexity index is 162. The van der Waals surface area contributed by atoms with E-state index in [1.165, 1.54) is 6.42 Å². The molecule has 0 heteroatoms. The highest BCUT2D eigenvalue weighted by Gasteiger charge is 2.47. The summed E-state index contributed by atoms with van der Waals surface area (Å²) in [5.41, 5.74) is 0. The molecule has 10 heavy (non-hydrogen) atoms. The van der Waals surface area contributed by atoms with Crippen molar-refractivity contribution in [3.63, 3.8) is 0 Å². The fourth-order valence-corrected chi connectivity index (χ4v) is 2.28. The van der Waals surface area contributed by atoms with Crippen LogP contribution < -0.4 is 0 Å². The van der Waals surface area contributed by atoms with E-state index in [-0.39, 0.29) is 0 Å². The van der Waals surface area contributed by atoms with Crippen LogP contribution in [-0.4, -0.2) is 0 Å². The standard InChI is InChI=1S/C10H9/c1-2-9-7-4-5-8(6-7)10(9)3-1/h1-5,7-8H,6H2. The van der Waals surface area contributed by atoms with Crippen LogP contribution in [0.5, 0.6) is 0 Å². The molecule has 0 aliphatic heterocycles. The third kappa shape index (κ3) is 0.492. The van der Waals surface area contributed by atoms with E-state index in [1.807, 2.05) is 0 Å². The number of rotatable bonds is 0. The molecule has 0 heterocycles. The van der Waals surface area contributed by atoms with Crippen molar-refractivity contribution in [3.05, 3.63) is 43.3 Å². The fourth-order valence-electron chi connectivity index (χ4n) is 2.28. The number of hydrogen-bond acceptors (Lipinski definition) is 0. The molecule has 3 aliphatic rings. The molecule has 2 fully saturated rings. The summed E-state index contributed by atoms with van der Waals surface area (Å²) in [5.74, 6) is 4.73. The number of hydrogen-bond donors (Lipinski definition) is 0. The molecule has 0 aromatic carbocycles. The average molecular weight is 129 g/mol. The van der Waals surface area contributed by atoms with Crippen LogP contribution in [0.3, 0.4) is 0 Å². The molecule has 2 atom stereocenters. The maximum atomic E-state index is 2.35. The van der Waals surface area contributed by atoms with Gasteiger partial charge >= 0.3 is 0 Å². The second kappa shape index (κ2) is 1.66. The van der Waals surface area contributed by atoms with Crippen LogP contribution in [0.1, 0.15) is 6.42 Å². The highest BCUT2D eigenvalue weighted by Crippen LogP contribution is 2.56. The van der Waals surface area contributed by atoms with E-state index in [0.717, 1.165) is 11.8 Å².